The van der Waals surface area contributed by atoms with Gasteiger partial charge in [-0.15, -0.1) is 5.10 Å². The van der Waals surface area contributed by atoms with Crippen LogP contribution in [0.1, 0.15) is 19.4 Å². The third-order valence-electron chi connectivity index (χ3n) is 3.34. The van der Waals surface area contributed by atoms with Crippen LogP contribution in [0.2, 0.25) is 5.02 Å². The average molecular weight is 322 g/mol. The molecule has 0 amide bonds. The van der Waals surface area contributed by atoms with Crippen molar-refractivity contribution in [1.29, 1.82) is 0 Å². The maximum atomic E-state index is 6.12. The smallest absolute Gasteiger partial charge is 0.247 e. The number of hydrogen-bond donors (Lipinski definition) is 1. The van der Waals surface area contributed by atoms with Gasteiger partial charge in [0.1, 0.15) is 5.75 Å². The second-order valence-electron chi connectivity index (χ2n) is 4.74. The second-order valence-corrected chi connectivity index (χ2v) is 5.15. The number of rotatable bonds is 6. The van der Waals surface area contributed by atoms with Gasteiger partial charge in [0.25, 0.3) is 0 Å². The summed E-state index contributed by atoms with van der Waals surface area (Å²) in [6, 6.07) is 3.69. The Bertz CT molecular complexity index is 646. The molecule has 0 aliphatic rings. The Balaban J connectivity index is 2.31. The number of nitrogens with one attached hydrogen (secondary N) is 1. The van der Waals surface area contributed by atoms with E-state index < -0.39 is 0 Å². The number of hydrogen-bond acceptors (Lipinski definition) is 6. The fourth-order valence-electron chi connectivity index (χ4n) is 2.06. The molecule has 2 aromatic rings. The summed E-state index contributed by atoms with van der Waals surface area (Å²) in [6.45, 7) is 7.69. The Kier molecular flexibility index (Phi) is 5.38. The van der Waals surface area contributed by atoms with E-state index in [9.17, 15) is 0 Å². The number of methoxy groups -OCH3 is 1. The molecule has 0 radical (unpaired) electrons. The molecule has 1 aromatic carbocycles. The van der Waals surface area contributed by atoms with Gasteiger partial charge in [-0.05, 0) is 32.4 Å². The van der Waals surface area contributed by atoms with Gasteiger partial charge in [-0.1, -0.05) is 11.6 Å². The first-order chi connectivity index (χ1) is 10.6. The van der Waals surface area contributed by atoms with Crippen LogP contribution in [0.25, 0.3) is 0 Å². The summed E-state index contributed by atoms with van der Waals surface area (Å²) in [5.74, 6) is 1.86. The first-order valence-corrected chi connectivity index (χ1v) is 7.52. The van der Waals surface area contributed by atoms with Crippen molar-refractivity contribution < 1.29 is 4.74 Å². The third kappa shape index (κ3) is 3.57. The van der Waals surface area contributed by atoms with Crippen LogP contribution in [-0.2, 0) is 0 Å². The number of anilines is 3. The Morgan fingerprint density at radius 1 is 1.27 bits per heavy atom. The minimum Gasteiger partial charge on any atom is -0.495 e. The SMILES string of the molecule is CCN(CC)c1nncc(Nc2cc(C)c(Cl)cc2OC)n1. The summed E-state index contributed by atoms with van der Waals surface area (Å²) in [5, 5.41) is 11.9. The molecule has 1 aromatic heterocycles. The van der Waals surface area contributed by atoms with E-state index in [4.69, 9.17) is 16.3 Å². The van der Waals surface area contributed by atoms with Crippen LogP contribution < -0.4 is 15.0 Å². The molecular formula is C15H20ClN5O. The van der Waals surface area contributed by atoms with Gasteiger partial charge in [-0.25, -0.2) is 0 Å². The van der Waals surface area contributed by atoms with Gasteiger partial charge in [-0.3, -0.25) is 0 Å². The van der Waals surface area contributed by atoms with Crippen LogP contribution >= 0.6 is 11.6 Å². The van der Waals surface area contributed by atoms with E-state index in [-0.39, 0.29) is 0 Å². The quantitative estimate of drug-likeness (QED) is 0.879. The third-order valence-corrected chi connectivity index (χ3v) is 3.74. The minimum absolute atomic E-state index is 0.597. The van der Waals surface area contributed by atoms with E-state index >= 15 is 0 Å². The lowest BCUT2D eigenvalue weighted by Gasteiger charge is -2.18. The van der Waals surface area contributed by atoms with Crippen molar-refractivity contribution in [3.63, 3.8) is 0 Å². The molecule has 0 spiro atoms. The van der Waals surface area contributed by atoms with E-state index in [0.717, 1.165) is 24.3 Å². The number of ether oxygens (including phenoxy) is 1. The highest BCUT2D eigenvalue weighted by Gasteiger charge is 2.11. The highest BCUT2D eigenvalue weighted by Crippen LogP contribution is 2.32. The van der Waals surface area contributed by atoms with Crippen LogP contribution in [0, 0.1) is 6.92 Å². The standard InChI is InChI=1S/C15H20ClN5O/c1-5-21(6-2)15-19-14(9-17-20-15)18-12-7-10(3)11(16)8-13(12)22-4/h7-9H,5-6H2,1-4H3,(H,18,19,20). The van der Waals surface area contributed by atoms with Crippen molar-refractivity contribution in [3.05, 3.63) is 28.9 Å². The number of halogens is 1. The number of nitrogens with zero attached hydrogens (tertiary/aromatic N) is 4. The fraction of sp³-hybridized carbons (Fsp3) is 0.400. The zero-order valence-electron chi connectivity index (χ0n) is 13.2. The summed E-state index contributed by atoms with van der Waals surface area (Å²) in [6.07, 6.45) is 1.58. The van der Waals surface area contributed by atoms with Gasteiger partial charge in [-0.2, -0.15) is 10.1 Å². The topological polar surface area (TPSA) is 63.2 Å². The van der Waals surface area contributed by atoms with Gasteiger partial charge >= 0.3 is 0 Å². The Morgan fingerprint density at radius 3 is 2.64 bits per heavy atom. The monoisotopic (exact) mass is 321 g/mol. The summed E-state index contributed by atoms with van der Waals surface area (Å²) in [5.41, 5.74) is 1.74. The molecule has 7 heteroatoms. The molecule has 0 aliphatic heterocycles. The molecule has 6 nitrogen and oxygen atoms in total. The van der Waals surface area contributed by atoms with Gasteiger partial charge < -0.3 is 15.0 Å². The molecule has 1 N–H and O–H groups in total. The van der Waals surface area contributed by atoms with E-state index in [1.165, 1.54) is 0 Å². The first kappa shape index (κ1) is 16.3. The molecule has 0 bridgehead atoms. The second kappa shape index (κ2) is 7.26. The number of aryl methyl sites for hydroxylation is 1. The molecule has 0 fully saturated rings. The van der Waals surface area contributed by atoms with E-state index in [2.05, 4.69) is 34.3 Å². The van der Waals surface area contributed by atoms with Gasteiger partial charge in [0.05, 0.1) is 19.0 Å². The fourth-order valence-corrected chi connectivity index (χ4v) is 2.22. The van der Waals surface area contributed by atoms with Crippen molar-refractivity contribution in [2.45, 2.75) is 20.8 Å². The van der Waals surface area contributed by atoms with Gasteiger partial charge in [0.2, 0.25) is 5.95 Å². The van der Waals surface area contributed by atoms with Gasteiger partial charge in [0, 0.05) is 24.2 Å². The molecular weight excluding hydrogens is 302 g/mol. The maximum absolute atomic E-state index is 6.12. The Hall–Kier alpha value is -2.08. The van der Waals surface area contributed by atoms with Crippen molar-refractivity contribution in [1.82, 2.24) is 15.2 Å². The van der Waals surface area contributed by atoms with E-state index in [1.807, 2.05) is 17.9 Å². The zero-order chi connectivity index (χ0) is 16.1. The number of benzene rings is 1. The van der Waals surface area contributed by atoms with Crippen molar-refractivity contribution in [2.75, 3.05) is 30.4 Å². The lowest BCUT2D eigenvalue weighted by atomic mass is 10.2. The predicted octanol–water partition coefficient (Wildman–Crippen LogP) is 3.43. The van der Waals surface area contributed by atoms with Crippen LogP contribution in [-0.4, -0.2) is 35.4 Å². The summed E-state index contributed by atoms with van der Waals surface area (Å²) >= 11 is 6.12. The molecule has 1 heterocycles. The summed E-state index contributed by atoms with van der Waals surface area (Å²) in [7, 11) is 1.60. The lowest BCUT2D eigenvalue weighted by Crippen LogP contribution is -2.24. The molecule has 118 valence electrons. The molecule has 0 aliphatic carbocycles. The average Bonchev–Trinajstić information content (AvgIpc) is 2.52. The van der Waals surface area contributed by atoms with Crippen LogP contribution in [0.5, 0.6) is 5.75 Å². The minimum atomic E-state index is 0.597. The molecule has 2 rings (SSSR count). The predicted molar refractivity (Wildman–Crippen MR) is 89.4 cm³/mol. The number of aromatic nitrogens is 3. The van der Waals surface area contributed by atoms with Crippen molar-refractivity contribution >= 4 is 29.1 Å². The highest BCUT2D eigenvalue weighted by atomic mass is 35.5. The van der Waals surface area contributed by atoms with Crippen LogP contribution in [0.15, 0.2) is 18.3 Å². The molecule has 0 saturated heterocycles. The van der Waals surface area contributed by atoms with Crippen molar-refractivity contribution in [3.8, 4) is 5.75 Å². The van der Waals surface area contributed by atoms with Crippen molar-refractivity contribution in [2.24, 2.45) is 0 Å². The summed E-state index contributed by atoms with van der Waals surface area (Å²) in [4.78, 5) is 6.52. The maximum Gasteiger partial charge on any atom is 0.247 e. The molecule has 0 unspecified atom stereocenters. The van der Waals surface area contributed by atoms with Crippen LogP contribution in [0.4, 0.5) is 17.5 Å². The largest absolute Gasteiger partial charge is 0.495 e. The molecule has 0 saturated carbocycles. The zero-order valence-corrected chi connectivity index (χ0v) is 14.0. The first-order valence-electron chi connectivity index (χ1n) is 7.14. The normalized spacial score (nSPS) is 10.4. The van der Waals surface area contributed by atoms with Gasteiger partial charge in [0.15, 0.2) is 5.82 Å². The van der Waals surface area contributed by atoms with E-state index in [1.54, 1.807) is 19.4 Å². The lowest BCUT2D eigenvalue weighted by molar-refractivity contribution is 0.416. The molecule has 0 atom stereocenters. The highest BCUT2D eigenvalue weighted by molar-refractivity contribution is 6.31. The summed E-state index contributed by atoms with van der Waals surface area (Å²) < 4.78 is 5.35. The van der Waals surface area contributed by atoms with Crippen LogP contribution in [0.3, 0.4) is 0 Å². The Labute approximate surface area is 135 Å². The molecule has 22 heavy (non-hydrogen) atoms. The van der Waals surface area contributed by atoms with E-state index in [0.29, 0.717) is 22.5 Å². The Morgan fingerprint density at radius 2 is 2.00 bits per heavy atom.